The van der Waals surface area contributed by atoms with Gasteiger partial charge in [0, 0.05) is 25.2 Å². The fourth-order valence-electron chi connectivity index (χ4n) is 1.49. The highest BCUT2D eigenvalue weighted by Gasteiger charge is 2.02. The van der Waals surface area contributed by atoms with Crippen LogP contribution in [0.3, 0.4) is 0 Å². The Balaban J connectivity index is 1.95. The van der Waals surface area contributed by atoms with Gasteiger partial charge in [-0.1, -0.05) is 16.8 Å². The van der Waals surface area contributed by atoms with Gasteiger partial charge in [0.25, 0.3) is 0 Å². The van der Waals surface area contributed by atoms with Crippen LogP contribution >= 0.6 is 11.6 Å². The number of nitrogens with zero attached hydrogens (tertiary/aromatic N) is 3. The van der Waals surface area contributed by atoms with Gasteiger partial charge in [0.1, 0.15) is 0 Å². The third kappa shape index (κ3) is 3.53. The average molecular weight is 267 g/mol. The van der Waals surface area contributed by atoms with E-state index in [0.717, 1.165) is 17.9 Å². The zero-order valence-corrected chi connectivity index (χ0v) is 10.9. The zero-order chi connectivity index (χ0) is 12.8. The van der Waals surface area contributed by atoms with E-state index in [0.29, 0.717) is 18.2 Å². The molecule has 0 aliphatic rings. The largest absolute Gasteiger partial charge is 0.383 e. The summed E-state index contributed by atoms with van der Waals surface area (Å²) in [6.07, 6.45) is 1.89. The van der Waals surface area contributed by atoms with Crippen LogP contribution in [-0.2, 0) is 11.3 Å². The van der Waals surface area contributed by atoms with Crippen molar-refractivity contribution >= 4 is 11.6 Å². The van der Waals surface area contributed by atoms with Crippen molar-refractivity contribution in [3.05, 3.63) is 41.2 Å². The van der Waals surface area contributed by atoms with E-state index in [1.807, 2.05) is 30.5 Å². The lowest BCUT2D eigenvalue weighted by Crippen LogP contribution is -2.18. The van der Waals surface area contributed by atoms with Crippen LogP contribution in [0.1, 0.15) is 5.69 Å². The number of rotatable bonds is 6. The average Bonchev–Trinajstić information content (AvgIpc) is 2.84. The van der Waals surface area contributed by atoms with Gasteiger partial charge in [0.05, 0.1) is 24.2 Å². The molecule has 0 unspecified atom stereocenters. The van der Waals surface area contributed by atoms with Crippen LogP contribution in [0.25, 0.3) is 5.69 Å². The van der Waals surface area contributed by atoms with E-state index in [4.69, 9.17) is 16.3 Å². The number of nitrogens with one attached hydrogen (secondary N) is 1. The Labute approximate surface area is 111 Å². The number of methoxy groups -OCH3 is 1. The smallest absolute Gasteiger partial charge is 0.0969 e. The fraction of sp³-hybridized carbons (Fsp3) is 0.333. The van der Waals surface area contributed by atoms with Crippen molar-refractivity contribution in [1.29, 1.82) is 0 Å². The van der Waals surface area contributed by atoms with Crippen molar-refractivity contribution in [1.82, 2.24) is 20.3 Å². The molecule has 1 N–H and O–H groups in total. The molecule has 0 spiro atoms. The molecule has 18 heavy (non-hydrogen) atoms. The van der Waals surface area contributed by atoms with Gasteiger partial charge in [0.15, 0.2) is 0 Å². The van der Waals surface area contributed by atoms with Crippen molar-refractivity contribution in [2.24, 2.45) is 0 Å². The Morgan fingerprint density at radius 2 is 2.11 bits per heavy atom. The summed E-state index contributed by atoms with van der Waals surface area (Å²) >= 11 is 5.84. The highest BCUT2D eigenvalue weighted by Crippen LogP contribution is 2.12. The molecule has 0 atom stereocenters. The van der Waals surface area contributed by atoms with E-state index in [-0.39, 0.29) is 0 Å². The summed E-state index contributed by atoms with van der Waals surface area (Å²) in [4.78, 5) is 0. The molecule has 2 aromatic rings. The van der Waals surface area contributed by atoms with Gasteiger partial charge in [-0.05, 0) is 24.3 Å². The minimum absolute atomic E-state index is 0.678. The molecular formula is C12H15ClN4O. The number of aromatic nitrogens is 3. The standard InChI is InChI=1S/C12H15ClN4O/c1-18-7-6-14-8-11-9-17(16-15-11)12-4-2-10(13)3-5-12/h2-5,9,14H,6-8H2,1H3. The predicted molar refractivity (Wildman–Crippen MR) is 70.0 cm³/mol. The first-order valence-corrected chi connectivity index (χ1v) is 6.04. The first kappa shape index (κ1) is 13.0. The highest BCUT2D eigenvalue weighted by atomic mass is 35.5. The van der Waals surface area contributed by atoms with E-state index in [1.165, 1.54) is 0 Å². The minimum atomic E-state index is 0.678. The quantitative estimate of drug-likeness (QED) is 0.808. The second-order valence-electron chi connectivity index (χ2n) is 3.80. The summed E-state index contributed by atoms with van der Waals surface area (Å²) in [6.45, 7) is 2.16. The normalized spacial score (nSPS) is 10.8. The molecular weight excluding hydrogens is 252 g/mol. The number of halogens is 1. The predicted octanol–water partition coefficient (Wildman–Crippen LogP) is 1.66. The van der Waals surface area contributed by atoms with E-state index in [1.54, 1.807) is 11.8 Å². The Kier molecular flexibility index (Phi) is 4.69. The number of hydrogen-bond donors (Lipinski definition) is 1. The second kappa shape index (κ2) is 6.49. The zero-order valence-electron chi connectivity index (χ0n) is 10.1. The topological polar surface area (TPSA) is 52.0 Å². The molecule has 0 amide bonds. The summed E-state index contributed by atoms with van der Waals surface area (Å²) in [5.74, 6) is 0. The van der Waals surface area contributed by atoms with E-state index in [9.17, 15) is 0 Å². The molecule has 96 valence electrons. The molecule has 0 saturated carbocycles. The van der Waals surface area contributed by atoms with Gasteiger partial charge in [-0.3, -0.25) is 0 Å². The summed E-state index contributed by atoms with van der Waals surface area (Å²) in [5, 5.41) is 12.1. The monoisotopic (exact) mass is 266 g/mol. The summed E-state index contributed by atoms with van der Waals surface area (Å²) in [7, 11) is 1.68. The molecule has 0 fully saturated rings. The SMILES string of the molecule is COCCNCc1cn(-c2ccc(Cl)cc2)nn1. The molecule has 6 heteroatoms. The number of benzene rings is 1. The molecule has 0 saturated heterocycles. The first-order chi connectivity index (χ1) is 8.79. The molecule has 5 nitrogen and oxygen atoms in total. The van der Waals surface area contributed by atoms with E-state index < -0.39 is 0 Å². The number of ether oxygens (including phenoxy) is 1. The van der Waals surface area contributed by atoms with Crippen molar-refractivity contribution < 1.29 is 4.74 Å². The van der Waals surface area contributed by atoms with Crippen LogP contribution in [-0.4, -0.2) is 35.3 Å². The van der Waals surface area contributed by atoms with Gasteiger partial charge in [-0.25, -0.2) is 4.68 Å². The maximum atomic E-state index is 5.84. The summed E-state index contributed by atoms with van der Waals surface area (Å²) in [5.41, 5.74) is 1.83. The Morgan fingerprint density at radius 3 is 2.83 bits per heavy atom. The Morgan fingerprint density at radius 1 is 1.33 bits per heavy atom. The van der Waals surface area contributed by atoms with Gasteiger partial charge in [-0.2, -0.15) is 0 Å². The van der Waals surface area contributed by atoms with Gasteiger partial charge in [-0.15, -0.1) is 5.10 Å². The summed E-state index contributed by atoms with van der Waals surface area (Å²) in [6, 6.07) is 7.46. The maximum absolute atomic E-state index is 5.84. The third-order valence-corrected chi connectivity index (χ3v) is 2.67. The molecule has 2 rings (SSSR count). The van der Waals surface area contributed by atoms with E-state index in [2.05, 4.69) is 15.6 Å². The summed E-state index contributed by atoms with van der Waals surface area (Å²) < 4.78 is 6.68. The van der Waals surface area contributed by atoms with Gasteiger partial charge < -0.3 is 10.1 Å². The van der Waals surface area contributed by atoms with Crippen LogP contribution in [0.2, 0.25) is 5.02 Å². The van der Waals surface area contributed by atoms with Crippen LogP contribution in [0.5, 0.6) is 0 Å². The lowest BCUT2D eigenvalue weighted by atomic mass is 10.3. The van der Waals surface area contributed by atoms with Crippen molar-refractivity contribution in [2.75, 3.05) is 20.3 Å². The minimum Gasteiger partial charge on any atom is -0.383 e. The fourth-order valence-corrected chi connectivity index (χ4v) is 1.62. The molecule has 1 heterocycles. The van der Waals surface area contributed by atoms with Crippen molar-refractivity contribution in [3.63, 3.8) is 0 Å². The third-order valence-electron chi connectivity index (χ3n) is 2.42. The highest BCUT2D eigenvalue weighted by molar-refractivity contribution is 6.30. The number of hydrogen-bond acceptors (Lipinski definition) is 4. The first-order valence-electron chi connectivity index (χ1n) is 5.66. The maximum Gasteiger partial charge on any atom is 0.0969 e. The molecule has 1 aromatic carbocycles. The molecule has 1 aromatic heterocycles. The van der Waals surface area contributed by atoms with Crippen LogP contribution in [0.15, 0.2) is 30.5 Å². The van der Waals surface area contributed by atoms with Gasteiger partial charge in [0.2, 0.25) is 0 Å². The molecule has 0 bridgehead atoms. The van der Waals surface area contributed by atoms with Crippen molar-refractivity contribution in [3.8, 4) is 5.69 Å². The second-order valence-corrected chi connectivity index (χ2v) is 4.24. The lowest BCUT2D eigenvalue weighted by Gasteiger charge is -2.00. The van der Waals surface area contributed by atoms with Gasteiger partial charge >= 0.3 is 0 Å². The van der Waals surface area contributed by atoms with Crippen LogP contribution < -0.4 is 5.32 Å². The Hall–Kier alpha value is -1.43. The van der Waals surface area contributed by atoms with Crippen LogP contribution in [0.4, 0.5) is 0 Å². The van der Waals surface area contributed by atoms with Crippen molar-refractivity contribution in [2.45, 2.75) is 6.54 Å². The Bertz CT molecular complexity index is 483. The van der Waals surface area contributed by atoms with E-state index >= 15 is 0 Å². The van der Waals surface area contributed by atoms with Crippen LogP contribution in [0, 0.1) is 0 Å². The molecule has 0 radical (unpaired) electrons. The molecule has 0 aliphatic heterocycles. The lowest BCUT2D eigenvalue weighted by molar-refractivity contribution is 0.199. The molecule has 0 aliphatic carbocycles.